The number of hydrogen-bond acceptors (Lipinski definition) is 4. The van der Waals surface area contributed by atoms with Crippen LogP contribution >= 0.6 is 0 Å². The highest BCUT2D eigenvalue weighted by Crippen LogP contribution is 2.25. The van der Waals surface area contributed by atoms with Gasteiger partial charge in [0.15, 0.2) is 5.76 Å². The summed E-state index contributed by atoms with van der Waals surface area (Å²) in [6.45, 7) is 1.95. The van der Waals surface area contributed by atoms with Gasteiger partial charge in [0.25, 0.3) is 0 Å². The van der Waals surface area contributed by atoms with Gasteiger partial charge >= 0.3 is 5.97 Å². The van der Waals surface area contributed by atoms with Crippen molar-refractivity contribution >= 4 is 16.9 Å². The molecule has 0 saturated carbocycles. The van der Waals surface area contributed by atoms with Gasteiger partial charge in [-0.3, -0.25) is 0 Å². The average molecular weight is 283 g/mol. The smallest absolute Gasteiger partial charge is 0.339 e. The molecule has 21 heavy (non-hydrogen) atoms. The number of furan rings is 1. The van der Waals surface area contributed by atoms with Crippen LogP contribution in [0.15, 0.2) is 47.1 Å². The number of aryl methyl sites for hydroxylation is 1. The van der Waals surface area contributed by atoms with Crippen LogP contribution in [0.3, 0.4) is 0 Å². The molecule has 5 heteroatoms. The summed E-state index contributed by atoms with van der Waals surface area (Å²) in [6, 6.07) is 10.9. The lowest BCUT2D eigenvalue weighted by atomic mass is 10.2. The second-order valence-corrected chi connectivity index (χ2v) is 4.63. The number of fused-ring (bicyclic) bond motifs is 1. The van der Waals surface area contributed by atoms with Gasteiger partial charge in [0.1, 0.15) is 23.4 Å². The number of aromatic carboxylic acids is 1. The molecule has 3 rings (SSSR count). The van der Waals surface area contributed by atoms with Gasteiger partial charge in [0.2, 0.25) is 0 Å². The molecule has 0 radical (unpaired) electrons. The third-order valence-electron chi connectivity index (χ3n) is 3.16. The Kier molecular flexibility index (Phi) is 3.31. The highest BCUT2D eigenvalue weighted by atomic mass is 16.5. The molecule has 0 aliphatic rings. The van der Waals surface area contributed by atoms with Gasteiger partial charge in [-0.15, -0.1) is 0 Å². The van der Waals surface area contributed by atoms with E-state index in [1.54, 1.807) is 6.07 Å². The van der Waals surface area contributed by atoms with Crippen LogP contribution in [0, 0.1) is 6.92 Å². The number of ether oxygens (including phenoxy) is 1. The third kappa shape index (κ3) is 2.58. The van der Waals surface area contributed by atoms with Crippen molar-refractivity contribution in [2.45, 2.75) is 13.5 Å². The normalized spacial score (nSPS) is 10.7. The van der Waals surface area contributed by atoms with Crippen molar-refractivity contribution in [3.05, 3.63) is 59.7 Å². The van der Waals surface area contributed by atoms with Crippen LogP contribution in [0.4, 0.5) is 0 Å². The number of para-hydroxylation sites is 1. The van der Waals surface area contributed by atoms with Gasteiger partial charge in [0.05, 0.1) is 6.26 Å². The number of carbonyl (C=O) groups is 1. The lowest BCUT2D eigenvalue weighted by molar-refractivity contribution is 0.0692. The molecule has 0 amide bonds. The van der Waals surface area contributed by atoms with Crippen LogP contribution < -0.4 is 4.74 Å². The summed E-state index contributed by atoms with van der Waals surface area (Å²) >= 11 is 0. The number of carboxylic acids is 1. The molecule has 1 N–H and O–H groups in total. The maximum atomic E-state index is 11.0. The zero-order valence-electron chi connectivity index (χ0n) is 11.4. The first kappa shape index (κ1) is 13.2. The summed E-state index contributed by atoms with van der Waals surface area (Å²) in [4.78, 5) is 15.5. The molecule has 2 aromatic heterocycles. The second kappa shape index (κ2) is 5.28. The first-order valence-corrected chi connectivity index (χ1v) is 6.44. The standard InChI is InChI=1S/C16H13NO4/c1-10-5-6-11-3-2-4-13(15(11)17-10)21-9-14-12(16(18)19)7-8-20-14/h2-8H,9H2,1H3,(H,18,19). The maximum Gasteiger partial charge on any atom is 0.339 e. The Morgan fingerprint density at radius 2 is 2.14 bits per heavy atom. The van der Waals surface area contributed by atoms with Gasteiger partial charge in [-0.25, -0.2) is 9.78 Å². The van der Waals surface area contributed by atoms with E-state index < -0.39 is 5.97 Å². The SMILES string of the molecule is Cc1ccc2cccc(OCc3occc3C(=O)O)c2n1. The molecular weight excluding hydrogens is 270 g/mol. The summed E-state index contributed by atoms with van der Waals surface area (Å²) < 4.78 is 10.8. The minimum absolute atomic E-state index is 0.0450. The predicted octanol–water partition coefficient (Wildman–Crippen LogP) is 3.41. The van der Waals surface area contributed by atoms with E-state index in [4.69, 9.17) is 14.3 Å². The van der Waals surface area contributed by atoms with Crippen LogP contribution in [-0.2, 0) is 6.61 Å². The van der Waals surface area contributed by atoms with E-state index in [1.807, 2.05) is 31.2 Å². The summed E-state index contributed by atoms with van der Waals surface area (Å²) in [5.74, 6) is -0.148. The molecule has 2 heterocycles. The topological polar surface area (TPSA) is 72.6 Å². The van der Waals surface area contributed by atoms with Crippen molar-refractivity contribution < 1.29 is 19.1 Å². The maximum absolute atomic E-state index is 11.0. The van der Waals surface area contributed by atoms with Crippen LogP contribution in [0.1, 0.15) is 21.8 Å². The van der Waals surface area contributed by atoms with Crippen molar-refractivity contribution in [1.29, 1.82) is 0 Å². The molecule has 0 bridgehead atoms. The van der Waals surface area contributed by atoms with Crippen molar-refractivity contribution in [2.75, 3.05) is 0 Å². The van der Waals surface area contributed by atoms with E-state index in [9.17, 15) is 4.79 Å². The Labute approximate surface area is 120 Å². The fourth-order valence-corrected chi connectivity index (χ4v) is 2.12. The molecule has 3 aromatic rings. The van der Waals surface area contributed by atoms with E-state index in [-0.39, 0.29) is 17.9 Å². The molecule has 0 fully saturated rings. The first-order valence-electron chi connectivity index (χ1n) is 6.44. The molecule has 1 aromatic carbocycles. The molecule has 106 valence electrons. The van der Waals surface area contributed by atoms with E-state index in [2.05, 4.69) is 4.98 Å². The number of nitrogens with zero attached hydrogens (tertiary/aromatic N) is 1. The Bertz CT molecular complexity index is 807. The Morgan fingerprint density at radius 1 is 1.29 bits per heavy atom. The van der Waals surface area contributed by atoms with E-state index in [0.717, 1.165) is 16.6 Å². The van der Waals surface area contributed by atoms with E-state index in [0.29, 0.717) is 5.75 Å². The van der Waals surface area contributed by atoms with Crippen molar-refractivity contribution in [1.82, 2.24) is 4.98 Å². The fraction of sp³-hybridized carbons (Fsp3) is 0.125. The van der Waals surface area contributed by atoms with Gasteiger partial charge in [-0.1, -0.05) is 18.2 Å². The van der Waals surface area contributed by atoms with Crippen molar-refractivity contribution in [2.24, 2.45) is 0 Å². The summed E-state index contributed by atoms with van der Waals surface area (Å²) in [6.07, 6.45) is 1.34. The first-order chi connectivity index (χ1) is 10.1. The molecule has 0 unspecified atom stereocenters. The number of aromatic nitrogens is 1. The Morgan fingerprint density at radius 3 is 2.95 bits per heavy atom. The number of hydrogen-bond donors (Lipinski definition) is 1. The van der Waals surface area contributed by atoms with Crippen LogP contribution in [-0.4, -0.2) is 16.1 Å². The molecule has 5 nitrogen and oxygen atoms in total. The summed E-state index contributed by atoms with van der Waals surface area (Å²) in [5.41, 5.74) is 1.75. The van der Waals surface area contributed by atoms with Crippen molar-refractivity contribution in [3.63, 3.8) is 0 Å². The fourth-order valence-electron chi connectivity index (χ4n) is 2.12. The largest absolute Gasteiger partial charge is 0.483 e. The average Bonchev–Trinajstić information content (AvgIpc) is 2.93. The number of pyridine rings is 1. The molecule has 0 atom stereocenters. The number of carboxylic acid groups (broad SMARTS) is 1. The minimum atomic E-state index is -1.03. The summed E-state index contributed by atoms with van der Waals surface area (Å²) in [7, 11) is 0. The van der Waals surface area contributed by atoms with E-state index in [1.165, 1.54) is 12.3 Å². The summed E-state index contributed by atoms with van der Waals surface area (Å²) in [5, 5.41) is 10.0. The molecule has 0 saturated heterocycles. The lowest BCUT2D eigenvalue weighted by Gasteiger charge is -2.08. The zero-order valence-corrected chi connectivity index (χ0v) is 11.4. The highest BCUT2D eigenvalue weighted by molar-refractivity contribution is 5.88. The Balaban J connectivity index is 1.90. The van der Waals surface area contributed by atoms with Gasteiger partial charge in [-0.05, 0) is 25.1 Å². The minimum Gasteiger partial charge on any atom is -0.483 e. The molecule has 0 aliphatic carbocycles. The monoisotopic (exact) mass is 283 g/mol. The van der Waals surface area contributed by atoms with Crippen molar-refractivity contribution in [3.8, 4) is 5.75 Å². The van der Waals surface area contributed by atoms with E-state index >= 15 is 0 Å². The molecular formula is C16H13NO4. The highest BCUT2D eigenvalue weighted by Gasteiger charge is 2.14. The van der Waals surface area contributed by atoms with Gasteiger partial charge in [-0.2, -0.15) is 0 Å². The Hall–Kier alpha value is -2.82. The number of benzene rings is 1. The van der Waals surface area contributed by atoms with Gasteiger partial charge < -0.3 is 14.3 Å². The number of rotatable bonds is 4. The second-order valence-electron chi connectivity index (χ2n) is 4.63. The third-order valence-corrected chi connectivity index (χ3v) is 3.16. The van der Waals surface area contributed by atoms with Gasteiger partial charge in [0, 0.05) is 11.1 Å². The molecule has 0 aliphatic heterocycles. The zero-order chi connectivity index (χ0) is 14.8. The molecule has 0 spiro atoms. The van der Waals surface area contributed by atoms with Crippen LogP contribution in [0.5, 0.6) is 5.75 Å². The predicted molar refractivity (Wildman–Crippen MR) is 76.5 cm³/mol. The lowest BCUT2D eigenvalue weighted by Crippen LogP contribution is -2.03. The van der Waals surface area contributed by atoms with Crippen LogP contribution in [0.2, 0.25) is 0 Å². The van der Waals surface area contributed by atoms with Crippen LogP contribution in [0.25, 0.3) is 10.9 Å². The quantitative estimate of drug-likeness (QED) is 0.794.